The number of hydrogen-bond donors (Lipinski definition) is 0. The van der Waals surface area contributed by atoms with Crippen LogP contribution in [0.5, 0.6) is 17.2 Å². The second kappa shape index (κ2) is 9.75. The smallest absolute Gasteiger partial charge is 0.252 e. The van der Waals surface area contributed by atoms with Gasteiger partial charge >= 0.3 is 0 Å². The minimum atomic E-state index is -3.14. The molecule has 0 saturated carbocycles. The molecule has 9 heteroatoms. The SMILES string of the molecule is COc1ccc(CC(=O)N=C2S[C@@H]3CS(=O)(=O)C[C@H]3N2c2ccc(Oc3ccccc3)cc2)cc1. The number of fused-ring (bicyclic) bond motifs is 1. The van der Waals surface area contributed by atoms with Gasteiger partial charge in [-0.3, -0.25) is 4.79 Å². The van der Waals surface area contributed by atoms with E-state index in [4.69, 9.17) is 9.47 Å². The fraction of sp³-hybridized carbons (Fsp3) is 0.231. The fourth-order valence-corrected chi connectivity index (χ4v) is 8.16. The van der Waals surface area contributed by atoms with Crippen molar-refractivity contribution in [2.45, 2.75) is 17.7 Å². The van der Waals surface area contributed by atoms with Crippen LogP contribution in [-0.4, -0.2) is 49.4 Å². The zero-order valence-corrected chi connectivity index (χ0v) is 20.7. The van der Waals surface area contributed by atoms with Crippen LogP contribution in [0, 0.1) is 0 Å². The van der Waals surface area contributed by atoms with Crippen LogP contribution in [0.15, 0.2) is 83.9 Å². The molecule has 0 aliphatic carbocycles. The highest BCUT2D eigenvalue weighted by molar-refractivity contribution is 8.16. The summed E-state index contributed by atoms with van der Waals surface area (Å²) >= 11 is 1.36. The lowest BCUT2D eigenvalue weighted by Crippen LogP contribution is -2.37. The van der Waals surface area contributed by atoms with E-state index in [0.29, 0.717) is 10.9 Å². The van der Waals surface area contributed by atoms with E-state index in [1.807, 2.05) is 71.6 Å². The highest BCUT2D eigenvalue weighted by Gasteiger charge is 2.49. The Kier molecular flexibility index (Phi) is 6.53. The molecule has 2 saturated heterocycles. The molecule has 2 aliphatic heterocycles. The number of rotatable bonds is 6. The van der Waals surface area contributed by atoms with E-state index in [1.54, 1.807) is 19.2 Å². The van der Waals surface area contributed by atoms with Gasteiger partial charge in [0.2, 0.25) is 0 Å². The Labute approximate surface area is 208 Å². The third kappa shape index (κ3) is 5.36. The first-order valence-electron chi connectivity index (χ1n) is 11.1. The van der Waals surface area contributed by atoms with Gasteiger partial charge in [0.15, 0.2) is 15.0 Å². The summed E-state index contributed by atoms with van der Waals surface area (Å²) < 4.78 is 35.7. The number of aliphatic imine (C=N–C) groups is 1. The molecule has 0 aromatic heterocycles. The van der Waals surface area contributed by atoms with Gasteiger partial charge in [-0.05, 0) is 54.1 Å². The monoisotopic (exact) mass is 508 g/mol. The number of carbonyl (C=O) groups excluding carboxylic acids is 1. The molecule has 7 nitrogen and oxygen atoms in total. The Hall–Kier alpha value is -3.30. The molecule has 1 amide bonds. The Morgan fingerprint density at radius 3 is 2.29 bits per heavy atom. The van der Waals surface area contributed by atoms with Gasteiger partial charge < -0.3 is 14.4 Å². The van der Waals surface area contributed by atoms with Gasteiger partial charge in [0, 0.05) is 10.9 Å². The molecule has 0 unspecified atom stereocenters. The number of amidine groups is 1. The largest absolute Gasteiger partial charge is 0.497 e. The Morgan fingerprint density at radius 1 is 0.943 bits per heavy atom. The predicted octanol–water partition coefficient (Wildman–Crippen LogP) is 4.33. The highest BCUT2D eigenvalue weighted by atomic mass is 32.2. The molecular weight excluding hydrogens is 484 g/mol. The number of amides is 1. The van der Waals surface area contributed by atoms with E-state index in [9.17, 15) is 13.2 Å². The van der Waals surface area contributed by atoms with Crippen LogP contribution in [0.1, 0.15) is 5.56 Å². The van der Waals surface area contributed by atoms with E-state index in [1.165, 1.54) is 11.8 Å². The van der Waals surface area contributed by atoms with E-state index < -0.39 is 9.84 Å². The van der Waals surface area contributed by atoms with Crippen molar-refractivity contribution in [2.24, 2.45) is 4.99 Å². The lowest BCUT2D eigenvalue weighted by molar-refractivity contribution is -0.117. The molecular formula is C26H24N2O5S2. The second-order valence-electron chi connectivity index (χ2n) is 8.39. The number of carbonyl (C=O) groups is 1. The fourth-order valence-electron chi connectivity index (χ4n) is 4.23. The van der Waals surface area contributed by atoms with Gasteiger partial charge in [-0.1, -0.05) is 42.1 Å². The summed E-state index contributed by atoms with van der Waals surface area (Å²) in [4.78, 5) is 19.1. The number of para-hydroxylation sites is 1. The third-order valence-corrected chi connectivity index (χ3v) is 9.10. The molecule has 2 atom stereocenters. The van der Waals surface area contributed by atoms with Crippen LogP contribution >= 0.6 is 11.8 Å². The van der Waals surface area contributed by atoms with Crippen LogP contribution in [0.2, 0.25) is 0 Å². The maximum absolute atomic E-state index is 12.8. The molecule has 3 aromatic carbocycles. The number of sulfone groups is 1. The number of nitrogens with zero attached hydrogens (tertiary/aromatic N) is 2. The van der Waals surface area contributed by atoms with Crippen LogP contribution < -0.4 is 14.4 Å². The summed E-state index contributed by atoms with van der Waals surface area (Å²) in [6, 6.07) is 23.9. The molecule has 0 spiro atoms. The lowest BCUT2D eigenvalue weighted by atomic mass is 10.1. The maximum Gasteiger partial charge on any atom is 0.252 e. The normalized spacial score (nSPS) is 21.6. The van der Waals surface area contributed by atoms with Crippen molar-refractivity contribution in [1.82, 2.24) is 0 Å². The van der Waals surface area contributed by atoms with E-state index >= 15 is 0 Å². The van der Waals surface area contributed by atoms with Gasteiger partial charge in [-0.15, -0.1) is 0 Å². The van der Waals surface area contributed by atoms with Crippen molar-refractivity contribution in [3.63, 3.8) is 0 Å². The average molecular weight is 509 g/mol. The molecule has 0 bridgehead atoms. The van der Waals surface area contributed by atoms with Gasteiger partial charge in [-0.2, -0.15) is 4.99 Å². The first kappa shape index (κ1) is 23.4. The van der Waals surface area contributed by atoms with Crippen LogP contribution in [-0.2, 0) is 21.1 Å². The third-order valence-electron chi connectivity index (χ3n) is 5.90. The maximum atomic E-state index is 12.8. The molecule has 0 radical (unpaired) electrons. The number of anilines is 1. The average Bonchev–Trinajstić information content (AvgIpc) is 3.31. The molecule has 2 heterocycles. The molecule has 5 rings (SSSR count). The van der Waals surface area contributed by atoms with Gasteiger partial charge in [-0.25, -0.2) is 8.42 Å². The van der Waals surface area contributed by atoms with Crippen LogP contribution in [0.25, 0.3) is 0 Å². The van der Waals surface area contributed by atoms with E-state index in [-0.39, 0.29) is 35.1 Å². The number of methoxy groups -OCH3 is 1. The molecule has 35 heavy (non-hydrogen) atoms. The molecule has 180 valence electrons. The number of thioether (sulfide) groups is 1. The summed E-state index contributed by atoms with van der Waals surface area (Å²) in [6.45, 7) is 0. The van der Waals surface area contributed by atoms with E-state index in [2.05, 4.69) is 4.99 Å². The van der Waals surface area contributed by atoms with Crippen molar-refractivity contribution in [3.8, 4) is 17.2 Å². The van der Waals surface area contributed by atoms with Gasteiger partial charge in [0.05, 0.1) is 31.1 Å². The first-order valence-corrected chi connectivity index (χ1v) is 13.8. The summed E-state index contributed by atoms with van der Waals surface area (Å²) in [7, 11) is -1.55. The van der Waals surface area contributed by atoms with Crippen LogP contribution in [0.3, 0.4) is 0 Å². The Morgan fingerprint density at radius 2 is 1.60 bits per heavy atom. The molecule has 2 fully saturated rings. The first-order chi connectivity index (χ1) is 16.9. The Bertz CT molecular complexity index is 1340. The summed E-state index contributed by atoms with van der Waals surface area (Å²) in [6.07, 6.45) is 0.152. The van der Waals surface area contributed by atoms with Crippen molar-refractivity contribution in [2.75, 3.05) is 23.5 Å². The summed E-state index contributed by atoms with van der Waals surface area (Å²) in [5.74, 6) is 1.95. The van der Waals surface area contributed by atoms with Gasteiger partial charge in [0.1, 0.15) is 17.2 Å². The number of hydrogen-bond acceptors (Lipinski definition) is 6. The summed E-state index contributed by atoms with van der Waals surface area (Å²) in [5, 5.41) is 0.373. The number of ether oxygens (including phenoxy) is 2. The van der Waals surface area contributed by atoms with Crippen molar-refractivity contribution in [3.05, 3.63) is 84.4 Å². The molecule has 2 aliphatic rings. The van der Waals surface area contributed by atoms with Crippen molar-refractivity contribution in [1.29, 1.82) is 0 Å². The quantitative estimate of drug-likeness (QED) is 0.490. The van der Waals surface area contributed by atoms with Gasteiger partial charge in [0.25, 0.3) is 5.91 Å². The molecule has 0 N–H and O–H groups in total. The topological polar surface area (TPSA) is 85.3 Å². The minimum Gasteiger partial charge on any atom is -0.497 e. The van der Waals surface area contributed by atoms with Crippen LogP contribution in [0.4, 0.5) is 5.69 Å². The summed E-state index contributed by atoms with van der Waals surface area (Å²) in [5.41, 5.74) is 1.61. The Balaban J connectivity index is 1.38. The lowest BCUT2D eigenvalue weighted by Gasteiger charge is -2.24. The predicted molar refractivity (Wildman–Crippen MR) is 138 cm³/mol. The standard InChI is InChI=1S/C26H24N2O5S2/c1-32-20-11-7-18(8-12-20)15-25(29)27-26-28(23-16-35(30,31)17-24(23)34-26)19-9-13-22(14-10-19)33-21-5-3-2-4-6-21/h2-14,23-24H,15-17H2,1H3/t23-,24-/m1/s1. The highest BCUT2D eigenvalue weighted by Crippen LogP contribution is 2.41. The second-order valence-corrected chi connectivity index (χ2v) is 11.8. The number of benzene rings is 3. The zero-order valence-electron chi connectivity index (χ0n) is 19.0. The van der Waals surface area contributed by atoms with Crippen molar-refractivity contribution < 1.29 is 22.7 Å². The van der Waals surface area contributed by atoms with E-state index in [0.717, 1.165) is 22.7 Å². The minimum absolute atomic E-state index is 0.0403. The zero-order chi connectivity index (χ0) is 24.4. The molecule has 3 aromatic rings. The van der Waals surface area contributed by atoms with Crippen molar-refractivity contribution >= 4 is 38.4 Å².